The number of benzene rings is 2. The third-order valence-electron chi connectivity index (χ3n) is 5.56. The standard InChI is InChI=1S/C24H18N4S3/c29-24-28(15-16-7-2-1-3-8-16)23-20(31-24)22(25-21(26-23)19-11-6-14-30-19)27-13-12-17-9-4-5-10-18(17)27/h1-11,14H,12-13,15H2. The summed E-state index contributed by atoms with van der Waals surface area (Å²) in [5.74, 6) is 1.72. The first-order valence-electron chi connectivity index (χ1n) is 10.1. The maximum atomic E-state index is 5.81. The van der Waals surface area contributed by atoms with E-state index in [9.17, 15) is 0 Å². The average molecular weight is 459 g/mol. The first-order chi connectivity index (χ1) is 15.3. The van der Waals surface area contributed by atoms with Crippen LogP contribution in [-0.2, 0) is 13.0 Å². The minimum Gasteiger partial charge on any atom is -0.324 e. The molecular weight excluding hydrogens is 440 g/mol. The van der Waals surface area contributed by atoms with E-state index in [1.807, 2.05) is 12.1 Å². The number of nitrogens with zero attached hydrogens (tertiary/aromatic N) is 4. The number of hydrogen-bond acceptors (Lipinski definition) is 6. The number of para-hydroxylation sites is 1. The third-order valence-corrected chi connectivity index (χ3v) is 7.86. The van der Waals surface area contributed by atoms with Crippen molar-refractivity contribution in [3.63, 3.8) is 0 Å². The number of fused-ring (bicyclic) bond motifs is 2. The maximum absolute atomic E-state index is 5.81. The lowest BCUT2D eigenvalue weighted by Crippen LogP contribution is -2.16. The van der Waals surface area contributed by atoms with Crippen LogP contribution in [-0.4, -0.2) is 21.1 Å². The molecule has 0 unspecified atom stereocenters. The summed E-state index contributed by atoms with van der Waals surface area (Å²) in [4.78, 5) is 13.5. The molecule has 0 spiro atoms. The predicted molar refractivity (Wildman–Crippen MR) is 132 cm³/mol. The van der Waals surface area contributed by atoms with Gasteiger partial charge in [-0.1, -0.05) is 65.9 Å². The second-order valence-corrected chi connectivity index (χ2v) is 10.1. The van der Waals surface area contributed by atoms with Gasteiger partial charge in [-0.15, -0.1) is 11.3 Å². The second-order valence-electron chi connectivity index (χ2n) is 7.47. The molecule has 1 aliphatic rings. The summed E-state index contributed by atoms with van der Waals surface area (Å²) < 4.78 is 4.03. The Morgan fingerprint density at radius 1 is 0.935 bits per heavy atom. The van der Waals surface area contributed by atoms with Crippen LogP contribution in [0.15, 0.2) is 72.1 Å². The summed E-state index contributed by atoms with van der Waals surface area (Å²) in [5.41, 5.74) is 4.71. The van der Waals surface area contributed by atoms with Crippen molar-refractivity contribution < 1.29 is 0 Å². The van der Waals surface area contributed by atoms with E-state index < -0.39 is 0 Å². The molecule has 5 aromatic rings. The topological polar surface area (TPSA) is 34.0 Å². The van der Waals surface area contributed by atoms with Crippen molar-refractivity contribution in [2.75, 3.05) is 11.4 Å². The van der Waals surface area contributed by atoms with Crippen LogP contribution >= 0.6 is 34.9 Å². The van der Waals surface area contributed by atoms with Gasteiger partial charge in [0.05, 0.1) is 11.4 Å². The molecule has 0 saturated heterocycles. The maximum Gasteiger partial charge on any atom is 0.173 e. The monoisotopic (exact) mass is 458 g/mol. The van der Waals surface area contributed by atoms with Crippen molar-refractivity contribution in [2.24, 2.45) is 0 Å². The Morgan fingerprint density at radius 2 is 1.77 bits per heavy atom. The molecule has 0 atom stereocenters. The fourth-order valence-electron chi connectivity index (χ4n) is 4.09. The lowest BCUT2D eigenvalue weighted by Gasteiger charge is -2.19. The molecule has 152 valence electrons. The molecule has 0 radical (unpaired) electrons. The summed E-state index contributed by atoms with van der Waals surface area (Å²) in [6, 6.07) is 23.1. The SMILES string of the molecule is S=c1sc2c(N3CCc4ccccc43)nc(-c3cccs3)nc2n1Cc1ccccc1. The van der Waals surface area contributed by atoms with Crippen molar-refractivity contribution in [2.45, 2.75) is 13.0 Å². The van der Waals surface area contributed by atoms with Gasteiger partial charge in [-0.3, -0.25) is 0 Å². The molecule has 2 aromatic carbocycles. The fourth-order valence-corrected chi connectivity index (χ4v) is 6.08. The molecule has 0 fully saturated rings. The molecule has 4 nitrogen and oxygen atoms in total. The normalized spacial score (nSPS) is 13.1. The van der Waals surface area contributed by atoms with E-state index in [1.54, 1.807) is 22.7 Å². The van der Waals surface area contributed by atoms with Gasteiger partial charge in [0.25, 0.3) is 0 Å². The zero-order chi connectivity index (χ0) is 20.8. The highest BCUT2D eigenvalue weighted by atomic mass is 32.1. The van der Waals surface area contributed by atoms with Gasteiger partial charge in [0.15, 0.2) is 21.2 Å². The quantitative estimate of drug-likeness (QED) is 0.281. The summed E-state index contributed by atoms with van der Waals surface area (Å²) >= 11 is 9.07. The minimum atomic E-state index is 0.705. The van der Waals surface area contributed by atoms with E-state index in [-0.39, 0.29) is 0 Å². The van der Waals surface area contributed by atoms with Crippen molar-refractivity contribution in [1.29, 1.82) is 0 Å². The van der Waals surface area contributed by atoms with E-state index in [0.717, 1.165) is 43.8 Å². The van der Waals surface area contributed by atoms with Gasteiger partial charge in [-0.2, -0.15) is 0 Å². The summed E-state index contributed by atoms with van der Waals surface area (Å²) in [7, 11) is 0. The molecular formula is C24H18N4S3. The van der Waals surface area contributed by atoms with Crippen LogP contribution in [0.3, 0.4) is 0 Å². The Bertz CT molecular complexity index is 1440. The van der Waals surface area contributed by atoms with Gasteiger partial charge in [0, 0.05) is 12.2 Å². The lowest BCUT2D eigenvalue weighted by atomic mass is 10.2. The zero-order valence-electron chi connectivity index (χ0n) is 16.6. The van der Waals surface area contributed by atoms with Crippen LogP contribution in [0, 0.1) is 3.95 Å². The molecule has 0 amide bonds. The number of aromatic nitrogens is 3. The number of thiazole rings is 1. The lowest BCUT2D eigenvalue weighted by molar-refractivity contribution is 0.819. The summed E-state index contributed by atoms with van der Waals surface area (Å²) in [5, 5.41) is 2.07. The van der Waals surface area contributed by atoms with Crippen LogP contribution in [0.5, 0.6) is 0 Å². The van der Waals surface area contributed by atoms with Crippen LogP contribution in [0.1, 0.15) is 11.1 Å². The predicted octanol–water partition coefficient (Wildman–Crippen LogP) is 6.69. The number of thiophene rings is 1. The molecule has 1 aliphatic heterocycles. The molecule has 7 heteroatoms. The third kappa shape index (κ3) is 3.29. The molecule has 0 aliphatic carbocycles. The fraction of sp³-hybridized carbons (Fsp3) is 0.125. The van der Waals surface area contributed by atoms with E-state index in [2.05, 4.69) is 69.4 Å². The highest BCUT2D eigenvalue weighted by Crippen LogP contribution is 2.40. The van der Waals surface area contributed by atoms with Crippen LogP contribution in [0.2, 0.25) is 0 Å². The van der Waals surface area contributed by atoms with Gasteiger partial charge >= 0.3 is 0 Å². The Labute approximate surface area is 193 Å². The van der Waals surface area contributed by atoms with Crippen molar-refractivity contribution in [3.8, 4) is 10.7 Å². The van der Waals surface area contributed by atoms with Gasteiger partial charge < -0.3 is 9.47 Å². The largest absolute Gasteiger partial charge is 0.324 e. The number of rotatable bonds is 4. The van der Waals surface area contributed by atoms with E-state index in [0.29, 0.717) is 6.54 Å². The molecule has 3 aromatic heterocycles. The Balaban J connectivity index is 1.58. The first-order valence-corrected chi connectivity index (χ1v) is 12.2. The summed E-state index contributed by atoms with van der Waals surface area (Å²) in [6.07, 6.45) is 1.02. The Hall–Kier alpha value is -2.87. The smallest absolute Gasteiger partial charge is 0.173 e. The van der Waals surface area contributed by atoms with Crippen LogP contribution < -0.4 is 4.90 Å². The second kappa shape index (κ2) is 7.67. The van der Waals surface area contributed by atoms with E-state index in [4.69, 9.17) is 22.2 Å². The Morgan fingerprint density at radius 3 is 2.61 bits per heavy atom. The van der Waals surface area contributed by atoms with Gasteiger partial charge in [-0.05, 0) is 47.3 Å². The molecule has 6 rings (SSSR count). The van der Waals surface area contributed by atoms with Gasteiger partial charge in [0.1, 0.15) is 4.70 Å². The molecule has 0 N–H and O–H groups in total. The molecule has 0 saturated carbocycles. The van der Waals surface area contributed by atoms with Crippen LogP contribution in [0.25, 0.3) is 21.0 Å². The average Bonchev–Trinajstić information content (AvgIpc) is 3.54. The summed E-state index contributed by atoms with van der Waals surface area (Å²) in [6.45, 7) is 1.62. The number of anilines is 2. The minimum absolute atomic E-state index is 0.705. The van der Waals surface area contributed by atoms with E-state index >= 15 is 0 Å². The molecule has 31 heavy (non-hydrogen) atoms. The Kier molecular flexibility index (Phi) is 4.67. The zero-order valence-corrected chi connectivity index (χ0v) is 19.0. The highest BCUT2D eigenvalue weighted by molar-refractivity contribution is 7.73. The number of hydrogen-bond donors (Lipinski definition) is 0. The highest BCUT2D eigenvalue weighted by Gasteiger charge is 2.26. The van der Waals surface area contributed by atoms with Crippen molar-refractivity contribution in [3.05, 3.63) is 87.2 Å². The van der Waals surface area contributed by atoms with Crippen LogP contribution in [0.4, 0.5) is 11.5 Å². The molecule has 4 heterocycles. The van der Waals surface area contributed by atoms with Crippen molar-refractivity contribution >= 4 is 56.7 Å². The van der Waals surface area contributed by atoms with Gasteiger partial charge in [-0.25, -0.2) is 9.97 Å². The van der Waals surface area contributed by atoms with E-state index in [1.165, 1.54) is 16.8 Å². The molecule has 0 bridgehead atoms. The first kappa shape index (κ1) is 18.9. The van der Waals surface area contributed by atoms with Crippen molar-refractivity contribution in [1.82, 2.24) is 14.5 Å². The van der Waals surface area contributed by atoms with Gasteiger partial charge in [0.2, 0.25) is 0 Å².